The fraction of sp³-hybridized carbons (Fsp3) is 0.400. The molecule has 19 heavy (non-hydrogen) atoms. The molecule has 0 aliphatic carbocycles. The van der Waals surface area contributed by atoms with Crippen LogP contribution >= 0.6 is 11.3 Å². The fourth-order valence-electron chi connectivity index (χ4n) is 1.80. The average molecular weight is 275 g/mol. The van der Waals surface area contributed by atoms with Crippen molar-refractivity contribution in [2.75, 3.05) is 11.9 Å². The number of anilines is 1. The van der Waals surface area contributed by atoms with Crippen LogP contribution < -0.4 is 10.2 Å². The van der Waals surface area contributed by atoms with E-state index in [4.69, 9.17) is 4.98 Å². The van der Waals surface area contributed by atoms with Gasteiger partial charge in [0.15, 0.2) is 0 Å². The summed E-state index contributed by atoms with van der Waals surface area (Å²) in [5.74, 6) is 1.02. The van der Waals surface area contributed by atoms with E-state index < -0.39 is 0 Å². The second kappa shape index (κ2) is 6.68. The van der Waals surface area contributed by atoms with E-state index in [0.717, 1.165) is 24.6 Å². The molecule has 0 unspecified atom stereocenters. The van der Waals surface area contributed by atoms with Crippen LogP contribution in [0.25, 0.3) is 0 Å². The Morgan fingerprint density at radius 3 is 2.79 bits per heavy atom. The molecule has 0 bridgehead atoms. The highest BCUT2D eigenvalue weighted by atomic mass is 32.1. The van der Waals surface area contributed by atoms with E-state index in [1.807, 2.05) is 0 Å². The van der Waals surface area contributed by atoms with Crippen molar-refractivity contribution >= 4 is 17.2 Å². The highest BCUT2D eigenvalue weighted by Crippen LogP contribution is 2.16. The number of thiophene rings is 1. The molecule has 0 spiro atoms. The minimum Gasteiger partial charge on any atom is -0.355 e. The first-order valence-corrected chi connectivity index (χ1v) is 7.46. The van der Waals surface area contributed by atoms with Gasteiger partial charge in [-0.3, -0.25) is 0 Å². The Balaban J connectivity index is 2.01. The van der Waals surface area contributed by atoms with E-state index in [0.29, 0.717) is 6.04 Å². The molecule has 2 aromatic rings. The number of hydrogen-bond acceptors (Lipinski definition) is 4. The Bertz CT molecular complexity index is 494. The summed E-state index contributed by atoms with van der Waals surface area (Å²) in [7, 11) is 2.09. The Morgan fingerprint density at radius 2 is 2.11 bits per heavy atom. The maximum Gasteiger partial charge on any atom is 0.128 e. The number of nitrogens with one attached hydrogen (secondary N) is 1. The van der Waals surface area contributed by atoms with Gasteiger partial charge >= 0.3 is 0 Å². The van der Waals surface area contributed by atoms with Crippen LogP contribution in [0.2, 0.25) is 0 Å². The molecule has 2 heterocycles. The minimum absolute atomic E-state index is 0.481. The van der Waals surface area contributed by atoms with Crippen molar-refractivity contribution in [3.63, 3.8) is 0 Å². The van der Waals surface area contributed by atoms with Crippen LogP contribution in [0, 0.1) is 0 Å². The quantitative estimate of drug-likeness (QED) is 0.877. The zero-order chi connectivity index (χ0) is 13.7. The van der Waals surface area contributed by atoms with Crippen molar-refractivity contribution in [1.29, 1.82) is 0 Å². The van der Waals surface area contributed by atoms with E-state index in [-0.39, 0.29) is 0 Å². The van der Waals surface area contributed by atoms with E-state index in [1.54, 1.807) is 11.3 Å². The third-order valence-electron chi connectivity index (χ3n) is 2.85. The lowest BCUT2D eigenvalue weighted by molar-refractivity contribution is 0.581. The predicted octanol–water partition coefficient (Wildman–Crippen LogP) is 3.28. The zero-order valence-corrected chi connectivity index (χ0v) is 12.6. The van der Waals surface area contributed by atoms with Crippen LogP contribution in [0.1, 0.15) is 24.4 Å². The van der Waals surface area contributed by atoms with E-state index in [9.17, 15) is 0 Å². The molecule has 4 heteroatoms. The molecule has 0 amide bonds. The predicted molar refractivity (Wildman–Crippen MR) is 82.6 cm³/mol. The maximum atomic E-state index is 4.69. The maximum absolute atomic E-state index is 4.69. The molecule has 0 fully saturated rings. The highest BCUT2D eigenvalue weighted by molar-refractivity contribution is 7.09. The Morgan fingerprint density at radius 1 is 1.26 bits per heavy atom. The largest absolute Gasteiger partial charge is 0.355 e. The number of pyridine rings is 1. The van der Waals surface area contributed by atoms with Gasteiger partial charge in [-0.1, -0.05) is 26.0 Å². The molecular formula is C15H21N3S. The van der Waals surface area contributed by atoms with Crippen LogP contribution in [0.15, 0.2) is 35.7 Å². The molecule has 1 N–H and O–H groups in total. The first-order valence-electron chi connectivity index (χ1n) is 6.58. The lowest BCUT2D eigenvalue weighted by Gasteiger charge is -2.18. The van der Waals surface area contributed by atoms with Crippen LogP contribution in [0.4, 0.5) is 5.82 Å². The van der Waals surface area contributed by atoms with Crippen molar-refractivity contribution in [2.45, 2.75) is 33.0 Å². The second-order valence-corrected chi connectivity index (χ2v) is 5.99. The lowest BCUT2D eigenvalue weighted by atomic mass is 10.3. The third kappa shape index (κ3) is 4.33. The first kappa shape index (κ1) is 14.0. The summed E-state index contributed by atoms with van der Waals surface area (Å²) in [4.78, 5) is 8.23. The van der Waals surface area contributed by atoms with Gasteiger partial charge in [0.25, 0.3) is 0 Å². The highest BCUT2D eigenvalue weighted by Gasteiger charge is 2.05. The Hall–Kier alpha value is -1.39. The van der Waals surface area contributed by atoms with Crippen molar-refractivity contribution in [1.82, 2.24) is 10.3 Å². The summed E-state index contributed by atoms with van der Waals surface area (Å²) in [6.45, 7) is 6.02. The van der Waals surface area contributed by atoms with Gasteiger partial charge in [-0.05, 0) is 23.6 Å². The fourth-order valence-corrected chi connectivity index (χ4v) is 2.56. The van der Waals surface area contributed by atoms with Gasteiger partial charge in [0.05, 0.1) is 12.2 Å². The third-order valence-corrected chi connectivity index (χ3v) is 3.71. The molecule has 2 rings (SSSR count). The monoisotopic (exact) mass is 275 g/mol. The molecular weight excluding hydrogens is 254 g/mol. The van der Waals surface area contributed by atoms with Crippen molar-refractivity contribution in [2.24, 2.45) is 0 Å². The summed E-state index contributed by atoms with van der Waals surface area (Å²) in [6, 6.07) is 10.9. The van der Waals surface area contributed by atoms with Crippen LogP contribution in [0.5, 0.6) is 0 Å². The minimum atomic E-state index is 0.481. The molecule has 0 radical (unpaired) electrons. The van der Waals surface area contributed by atoms with E-state index in [1.165, 1.54) is 4.88 Å². The molecule has 102 valence electrons. The molecule has 0 saturated carbocycles. The lowest BCUT2D eigenvalue weighted by Crippen LogP contribution is -2.23. The van der Waals surface area contributed by atoms with Crippen molar-refractivity contribution < 1.29 is 0 Å². The normalized spacial score (nSPS) is 10.9. The van der Waals surface area contributed by atoms with Crippen LogP contribution in [-0.2, 0) is 13.1 Å². The van der Waals surface area contributed by atoms with E-state index in [2.05, 4.69) is 66.8 Å². The number of nitrogens with zero attached hydrogens (tertiary/aromatic N) is 2. The number of aromatic nitrogens is 1. The van der Waals surface area contributed by atoms with Crippen LogP contribution in [-0.4, -0.2) is 18.1 Å². The molecule has 0 aliphatic heterocycles. The smallest absolute Gasteiger partial charge is 0.128 e. The summed E-state index contributed by atoms with van der Waals surface area (Å²) in [6.07, 6.45) is 0. The summed E-state index contributed by atoms with van der Waals surface area (Å²) < 4.78 is 0. The van der Waals surface area contributed by atoms with Gasteiger partial charge in [-0.2, -0.15) is 0 Å². The number of rotatable bonds is 6. The zero-order valence-electron chi connectivity index (χ0n) is 11.8. The topological polar surface area (TPSA) is 28.2 Å². The molecule has 0 saturated heterocycles. The first-order chi connectivity index (χ1) is 9.15. The van der Waals surface area contributed by atoms with Crippen molar-refractivity contribution in [3.8, 4) is 0 Å². The van der Waals surface area contributed by atoms with E-state index >= 15 is 0 Å². The molecule has 0 aromatic carbocycles. The van der Waals surface area contributed by atoms with Gasteiger partial charge in [0.1, 0.15) is 5.82 Å². The second-order valence-electron chi connectivity index (χ2n) is 4.96. The van der Waals surface area contributed by atoms with Gasteiger partial charge in [0, 0.05) is 24.5 Å². The Labute approximate surface area is 119 Å². The summed E-state index contributed by atoms with van der Waals surface area (Å²) in [5.41, 5.74) is 1.09. The summed E-state index contributed by atoms with van der Waals surface area (Å²) in [5, 5.41) is 5.51. The van der Waals surface area contributed by atoms with Gasteiger partial charge in [-0.25, -0.2) is 4.98 Å². The molecule has 0 aliphatic rings. The summed E-state index contributed by atoms with van der Waals surface area (Å²) >= 11 is 1.78. The van der Waals surface area contributed by atoms with Gasteiger partial charge in [0.2, 0.25) is 0 Å². The van der Waals surface area contributed by atoms with Crippen LogP contribution in [0.3, 0.4) is 0 Å². The molecule has 3 nitrogen and oxygen atoms in total. The van der Waals surface area contributed by atoms with Gasteiger partial charge < -0.3 is 10.2 Å². The number of hydrogen-bond donors (Lipinski definition) is 1. The van der Waals surface area contributed by atoms with Crippen molar-refractivity contribution in [3.05, 3.63) is 46.3 Å². The Kier molecular flexibility index (Phi) is 4.93. The molecule has 2 aromatic heterocycles. The van der Waals surface area contributed by atoms with Gasteiger partial charge in [-0.15, -0.1) is 11.3 Å². The SMILES string of the molecule is CC(C)NCc1cccc(N(C)Cc2cccs2)n1. The molecule has 0 atom stereocenters. The standard InChI is InChI=1S/C15H21N3S/c1-12(2)16-10-13-6-4-8-15(17-13)18(3)11-14-7-5-9-19-14/h4-9,12,16H,10-11H2,1-3H3. The average Bonchev–Trinajstić information content (AvgIpc) is 2.89.